The summed E-state index contributed by atoms with van der Waals surface area (Å²) in [4.78, 5) is 25.6. The minimum absolute atomic E-state index is 0.0747. The minimum atomic E-state index is -1.24. The summed E-state index contributed by atoms with van der Waals surface area (Å²) in [6, 6.07) is 10.8. The first-order valence-corrected chi connectivity index (χ1v) is 11.6. The Morgan fingerprint density at radius 1 is 1.27 bits per heavy atom. The molecule has 4 nitrogen and oxygen atoms in total. The van der Waals surface area contributed by atoms with Crippen LogP contribution in [0.5, 0.6) is 0 Å². The van der Waals surface area contributed by atoms with Gasteiger partial charge in [0.2, 0.25) is 5.91 Å². The van der Waals surface area contributed by atoms with Crippen LogP contribution in [0.1, 0.15) is 18.4 Å². The van der Waals surface area contributed by atoms with Crippen LogP contribution in [0.3, 0.4) is 0 Å². The molecule has 1 heterocycles. The van der Waals surface area contributed by atoms with Crippen molar-refractivity contribution >= 4 is 20.1 Å². The minimum Gasteiger partial charge on any atom is -0.449 e. The van der Waals surface area contributed by atoms with Crippen LogP contribution in [0, 0.1) is 0 Å². The van der Waals surface area contributed by atoms with Gasteiger partial charge in [-0.25, -0.2) is 9.69 Å². The van der Waals surface area contributed by atoms with Gasteiger partial charge in [-0.1, -0.05) is 50.0 Å². The Morgan fingerprint density at radius 2 is 1.95 bits per heavy atom. The molecule has 2 rings (SSSR count). The third-order valence-corrected chi connectivity index (χ3v) is 5.62. The normalized spacial score (nSPS) is 18.6. The smallest absolute Gasteiger partial charge is 0.416 e. The van der Waals surface area contributed by atoms with Gasteiger partial charge in [0.25, 0.3) is 0 Å². The Balaban J connectivity index is 1.94. The quantitative estimate of drug-likeness (QED) is 0.778. The van der Waals surface area contributed by atoms with Gasteiger partial charge in [0.15, 0.2) is 0 Å². The number of nitrogens with zero attached hydrogens (tertiary/aromatic N) is 1. The highest BCUT2D eigenvalue weighted by atomic mass is 28.3. The molecule has 0 bridgehead atoms. The van der Waals surface area contributed by atoms with Crippen molar-refractivity contribution in [3.05, 3.63) is 35.9 Å². The molecule has 2 amide bonds. The van der Waals surface area contributed by atoms with Gasteiger partial charge in [-0.15, -0.1) is 0 Å². The maximum atomic E-state index is 12.2. The lowest BCUT2D eigenvalue weighted by Crippen LogP contribution is -2.40. The molecule has 0 radical (unpaired) electrons. The summed E-state index contributed by atoms with van der Waals surface area (Å²) in [5.74, 6) is -0.112. The second kappa shape index (κ2) is 7.09. The van der Waals surface area contributed by atoms with Crippen molar-refractivity contribution in [1.29, 1.82) is 0 Å². The van der Waals surface area contributed by atoms with Crippen LogP contribution in [0.2, 0.25) is 25.7 Å². The van der Waals surface area contributed by atoms with Crippen LogP contribution in [-0.2, 0) is 16.0 Å². The lowest BCUT2D eigenvalue weighted by Gasteiger charge is -2.23. The molecule has 1 saturated heterocycles. The van der Waals surface area contributed by atoms with Crippen molar-refractivity contribution in [3.63, 3.8) is 0 Å². The van der Waals surface area contributed by atoms with Gasteiger partial charge in [-0.2, -0.15) is 0 Å². The number of amides is 2. The molecule has 22 heavy (non-hydrogen) atoms. The van der Waals surface area contributed by atoms with E-state index in [9.17, 15) is 9.59 Å². The van der Waals surface area contributed by atoms with E-state index in [0.29, 0.717) is 19.4 Å². The monoisotopic (exact) mass is 319 g/mol. The van der Waals surface area contributed by atoms with Crippen LogP contribution in [0.15, 0.2) is 30.3 Å². The number of carbonyl (C=O) groups excluding carboxylic acids is 2. The average molecular weight is 319 g/mol. The fourth-order valence-electron chi connectivity index (χ4n) is 2.59. The predicted octanol–water partition coefficient (Wildman–Crippen LogP) is 3.69. The lowest BCUT2D eigenvalue weighted by atomic mass is 10.0. The number of rotatable bonds is 5. The van der Waals surface area contributed by atoms with Crippen LogP contribution < -0.4 is 0 Å². The molecule has 0 unspecified atom stereocenters. The zero-order valence-electron chi connectivity index (χ0n) is 13.7. The third kappa shape index (κ3) is 4.70. The third-order valence-electron chi connectivity index (χ3n) is 3.91. The van der Waals surface area contributed by atoms with E-state index >= 15 is 0 Å². The number of hydrogen-bond acceptors (Lipinski definition) is 3. The number of hydrogen-bond donors (Lipinski definition) is 0. The number of imide groups is 1. The average Bonchev–Trinajstić information content (AvgIpc) is 2.79. The molecule has 0 aromatic heterocycles. The molecule has 0 aliphatic carbocycles. The van der Waals surface area contributed by atoms with Gasteiger partial charge < -0.3 is 4.74 Å². The topological polar surface area (TPSA) is 46.6 Å². The molecule has 1 aromatic rings. The van der Waals surface area contributed by atoms with E-state index in [1.807, 2.05) is 30.3 Å². The van der Waals surface area contributed by atoms with Crippen LogP contribution in [0.25, 0.3) is 0 Å². The number of likely N-dealkylation sites (tertiary alicyclic amines) is 1. The van der Waals surface area contributed by atoms with Crippen molar-refractivity contribution in [2.24, 2.45) is 0 Å². The molecule has 0 saturated carbocycles. The summed E-state index contributed by atoms with van der Waals surface area (Å²) in [5.41, 5.74) is 1.14. The molecule has 120 valence electrons. The van der Waals surface area contributed by atoms with Crippen LogP contribution >= 0.6 is 0 Å². The van der Waals surface area contributed by atoms with Gasteiger partial charge in [0.05, 0.1) is 6.61 Å². The largest absolute Gasteiger partial charge is 0.449 e. The summed E-state index contributed by atoms with van der Waals surface area (Å²) >= 11 is 0. The standard InChI is InChI=1S/C17H25NO3Si/c1-22(2,3)12-11-21-17(20)18-15(9-10-16(18)19)13-14-7-5-4-6-8-14/h4-8,15H,9-13H2,1-3H3/t15-/m0/s1. The van der Waals surface area contributed by atoms with E-state index < -0.39 is 14.2 Å². The molecule has 0 spiro atoms. The molecular weight excluding hydrogens is 294 g/mol. The Bertz CT molecular complexity index is 524. The Morgan fingerprint density at radius 3 is 2.59 bits per heavy atom. The van der Waals surface area contributed by atoms with E-state index in [1.165, 1.54) is 4.90 Å². The van der Waals surface area contributed by atoms with Crippen LogP contribution in [0.4, 0.5) is 4.79 Å². The van der Waals surface area contributed by atoms with Gasteiger partial charge in [0.1, 0.15) is 0 Å². The Hall–Kier alpha value is -1.62. The molecular formula is C17H25NO3Si. The summed E-state index contributed by atoms with van der Waals surface area (Å²) in [7, 11) is -1.24. The molecule has 1 aliphatic rings. The highest BCUT2D eigenvalue weighted by Crippen LogP contribution is 2.23. The Kier molecular flexibility index (Phi) is 5.40. The lowest BCUT2D eigenvalue weighted by molar-refractivity contribution is -0.127. The fraction of sp³-hybridized carbons (Fsp3) is 0.529. The van der Waals surface area contributed by atoms with Gasteiger partial charge >= 0.3 is 6.09 Å². The van der Waals surface area contributed by atoms with E-state index in [0.717, 1.165) is 18.0 Å². The molecule has 1 aromatic carbocycles. The molecule has 1 atom stereocenters. The second-order valence-corrected chi connectivity index (χ2v) is 12.7. The number of ether oxygens (including phenoxy) is 1. The van der Waals surface area contributed by atoms with Crippen molar-refractivity contribution in [2.75, 3.05) is 6.61 Å². The highest BCUT2D eigenvalue weighted by Gasteiger charge is 2.36. The van der Waals surface area contributed by atoms with E-state index in [1.54, 1.807) is 0 Å². The summed E-state index contributed by atoms with van der Waals surface area (Å²) < 4.78 is 5.34. The summed E-state index contributed by atoms with van der Waals surface area (Å²) in [6.45, 7) is 7.12. The molecule has 5 heteroatoms. The van der Waals surface area contributed by atoms with Crippen molar-refractivity contribution in [2.45, 2.75) is 51.0 Å². The van der Waals surface area contributed by atoms with E-state index in [4.69, 9.17) is 4.74 Å². The Labute approximate surface area is 133 Å². The van der Waals surface area contributed by atoms with Gasteiger partial charge in [-0.05, 0) is 24.4 Å². The van der Waals surface area contributed by atoms with E-state index in [2.05, 4.69) is 19.6 Å². The van der Waals surface area contributed by atoms with E-state index in [-0.39, 0.29) is 11.9 Å². The van der Waals surface area contributed by atoms with Gasteiger partial charge in [0, 0.05) is 20.5 Å². The molecule has 0 N–H and O–H groups in total. The second-order valence-electron chi connectivity index (χ2n) is 7.07. The van der Waals surface area contributed by atoms with Crippen LogP contribution in [-0.4, -0.2) is 37.6 Å². The van der Waals surface area contributed by atoms with Crippen molar-refractivity contribution < 1.29 is 14.3 Å². The number of benzene rings is 1. The predicted molar refractivity (Wildman–Crippen MR) is 89.5 cm³/mol. The van der Waals surface area contributed by atoms with Crippen molar-refractivity contribution in [1.82, 2.24) is 4.90 Å². The first-order chi connectivity index (χ1) is 10.4. The van der Waals surface area contributed by atoms with Crippen molar-refractivity contribution in [3.8, 4) is 0 Å². The number of carbonyl (C=O) groups is 2. The first-order valence-electron chi connectivity index (χ1n) is 7.89. The van der Waals surface area contributed by atoms with Gasteiger partial charge in [-0.3, -0.25) is 4.79 Å². The highest BCUT2D eigenvalue weighted by molar-refractivity contribution is 6.76. The molecule has 1 fully saturated rings. The maximum Gasteiger partial charge on any atom is 0.416 e. The fourth-order valence-corrected chi connectivity index (χ4v) is 3.30. The zero-order valence-corrected chi connectivity index (χ0v) is 14.7. The summed E-state index contributed by atoms with van der Waals surface area (Å²) in [6.07, 6.45) is 1.38. The first kappa shape index (κ1) is 16.7. The zero-order chi connectivity index (χ0) is 16.2. The summed E-state index contributed by atoms with van der Waals surface area (Å²) in [5, 5.41) is 0. The SMILES string of the molecule is C[Si](C)(C)CCOC(=O)N1C(=O)CC[C@H]1Cc1ccccc1. The molecule has 1 aliphatic heterocycles. The maximum absolute atomic E-state index is 12.2.